The Morgan fingerprint density at radius 2 is 1.90 bits per heavy atom. The van der Waals surface area contributed by atoms with Crippen LogP contribution in [-0.4, -0.2) is 34.2 Å². The molecule has 3 aromatic rings. The van der Waals surface area contributed by atoms with Crippen LogP contribution in [0.1, 0.15) is 58.9 Å². The molecule has 2 heterocycles. The topological polar surface area (TPSA) is 87.5 Å². The molecular weight excluding hydrogens is 416 g/mol. The SMILES string of the molecule is Cc1c(C(=O)OCC(C)C)sc2ncn(Cc3cccc(C(=O)OC(C)C)c3)c(=O)c12. The first-order valence-electron chi connectivity index (χ1n) is 10.1. The Hall–Kier alpha value is -3.00. The van der Waals surface area contributed by atoms with E-state index < -0.39 is 11.9 Å². The zero-order chi connectivity index (χ0) is 22.7. The van der Waals surface area contributed by atoms with Crippen molar-refractivity contribution in [3.63, 3.8) is 0 Å². The first kappa shape index (κ1) is 22.7. The summed E-state index contributed by atoms with van der Waals surface area (Å²) in [5, 5.41) is 0.416. The third-order valence-electron chi connectivity index (χ3n) is 4.51. The molecule has 0 aliphatic carbocycles. The predicted molar refractivity (Wildman–Crippen MR) is 120 cm³/mol. The van der Waals surface area contributed by atoms with E-state index in [1.54, 1.807) is 39.0 Å². The summed E-state index contributed by atoms with van der Waals surface area (Å²) in [6.07, 6.45) is 1.25. The van der Waals surface area contributed by atoms with Crippen molar-refractivity contribution in [1.29, 1.82) is 0 Å². The number of thiophene rings is 1. The van der Waals surface area contributed by atoms with E-state index in [-0.39, 0.29) is 24.1 Å². The van der Waals surface area contributed by atoms with Crippen molar-refractivity contribution in [2.45, 2.75) is 47.3 Å². The van der Waals surface area contributed by atoms with E-state index in [2.05, 4.69) is 4.98 Å². The molecule has 0 saturated carbocycles. The molecular formula is C23H26N2O5S. The zero-order valence-electron chi connectivity index (χ0n) is 18.3. The Kier molecular flexibility index (Phi) is 6.90. The molecule has 0 N–H and O–H groups in total. The van der Waals surface area contributed by atoms with E-state index in [4.69, 9.17) is 9.47 Å². The second-order valence-corrected chi connectivity index (χ2v) is 9.06. The smallest absolute Gasteiger partial charge is 0.348 e. The molecule has 3 rings (SSSR count). The highest BCUT2D eigenvalue weighted by atomic mass is 32.1. The lowest BCUT2D eigenvalue weighted by atomic mass is 10.1. The van der Waals surface area contributed by atoms with E-state index in [0.29, 0.717) is 32.8 Å². The van der Waals surface area contributed by atoms with Crippen molar-refractivity contribution in [3.8, 4) is 0 Å². The van der Waals surface area contributed by atoms with Crippen LogP contribution in [0.3, 0.4) is 0 Å². The molecule has 31 heavy (non-hydrogen) atoms. The lowest BCUT2D eigenvalue weighted by molar-refractivity contribution is 0.0376. The van der Waals surface area contributed by atoms with Gasteiger partial charge in [-0.3, -0.25) is 9.36 Å². The summed E-state index contributed by atoms with van der Waals surface area (Å²) in [5.74, 6) is -0.616. The average molecular weight is 443 g/mol. The van der Waals surface area contributed by atoms with E-state index in [1.165, 1.54) is 10.9 Å². The normalized spacial score (nSPS) is 11.3. The van der Waals surface area contributed by atoms with Gasteiger partial charge in [-0.1, -0.05) is 26.0 Å². The number of hydrogen-bond donors (Lipinski definition) is 0. The molecule has 0 radical (unpaired) electrons. The molecule has 0 bridgehead atoms. The van der Waals surface area contributed by atoms with Crippen LogP contribution < -0.4 is 5.56 Å². The summed E-state index contributed by atoms with van der Waals surface area (Å²) >= 11 is 1.16. The van der Waals surface area contributed by atoms with Gasteiger partial charge in [0.05, 0.1) is 36.5 Å². The number of rotatable bonds is 7. The summed E-state index contributed by atoms with van der Waals surface area (Å²) in [5.41, 5.74) is 1.53. The van der Waals surface area contributed by atoms with Gasteiger partial charge in [0.1, 0.15) is 9.71 Å². The van der Waals surface area contributed by atoms with Crippen molar-refractivity contribution >= 4 is 33.5 Å². The number of benzene rings is 1. The molecule has 0 aliphatic heterocycles. The Bertz CT molecular complexity index is 1180. The van der Waals surface area contributed by atoms with Gasteiger partial charge in [0.2, 0.25) is 0 Å². The summed E-state index contributed by atoms with van der Waals surface area (Å²) in [7, 11) is 0. The predicted octanol–water partition coefficient (Wildman–Crippen LogP) is 4.19. The van der Waals surface area contributed by atoms with Gasteiger partial charge < -0.3 is 9.47 Å². The Balaban J connectivity index is 1.90. The first-order chi connectivity index (χ1) is 14.7. The number of aryl methyl sites for hydroxylation is 1. The third kappa shape index (κ3) is 5.19. The Labute approximate surface area is 184 Å². The number of aromatic nitrogens is 2. The largest absolute Gasteiger partial charge is 0.461 e. The number of nitrogens with zero attached hydrogens (tertiary/aromatic N) is 2. The van der Waals surface area contributed by atoms with Crippen LogP contribution in [0.15, 0.2) is 35.4 Å². The standard InChI is InChI=1S/C23H26N2O5S/c1-13(2)11-29-23(28)19-15(5)18-20(31-19)24-12-25(21(18)26)10-16-7-6-8-17(9-16)22(27)30-14(3)4/h6-9,12-14H,10-11H2,1-5H3. The van der Waals surface area contributed by atoms with Crippen LogP contribution in [0.5, 0.6) is 0 Å². The third-order valence-corrected chi connectivity index (χ3v) is 5.69. The highest BCUT2D eigenvalue weighted by Crippen LogP contribution is 2.27. The summed E-state index contributed by atoms with van der Waals surface area (Å²) in [4.78, 5) is 43.0. The first-order valence-corrected chi connectivity index (χ1v) is 10.9. The van der Waals surface area contributed by atoms with Crippen LogP contribution in [0.25, 0.3) is 10.2 Å². The molecule has 0 aliphatic rings. The zero-order valence-corrected chi connectivity index (χ0v) is 19.1. The van der Waals surface area contributed by atoms with Gasteiger partial charge in [-0.2, -0.15) is 0 Å². The van der Waals surface area contributed by atoms with E-state index in [1.807, 2.05) is 19.9 Å². The van der Waals surface area contributed by atoms with Gasteiger partial charge in [0, 0.05) is 0 Å². The number of ether oxygens (including phenoxy) is 2. The maximum absolute atomic E-state index is 13.1. The maximum atomic E-state index is 13.1. The van der Waals surface area contributed by atoms with Crippen LogP contribution in [0, 0.1) is 12.8 Å². The van der Waals surface area contributed by atoms with Crippen LogP contribution in [0.4, 0.5) is 0 Å². The molecule has 2 aromatic heterocycles. The number of carbonyl (C=O) groups is 2. The molecule has 164 valence electrons. The highest BCUT2D eigenvalue weighted by molar-refractivity contribution is 7.20. The minimum absolute atomic E-state index is 0.214. The molecule has 0 spiro atoms. The maximum Gasteiger partial charge on any atom is 0.348 e. The van der Waals surface area contributed by atoms with Gasteiger partial charge >= 0.3 is 11.9 Å². The fourth-order valence-electron chi connectivity index (χ4n) is 3.05. The molecule has 7 nitrogen and oxygen atoms in total. The van der Waals surface area contributed by atoms with E-state index in [0.717, 1.165) is 16.9 Å². The minimum Gasteiger partial charge on any atom is -0.461 e. The number of carbonyl (C=O) groups excluding carboxylic acids is 2. The minimum atomic E-state index is -0.434. The van der Waals surface area contributed by atoms with Crippen molar-refractivity contribution in [2.75, 3.05) is 6.61 Å². The van der Waals surface area contributed by atoms with E-state index in [9.17, 15) is 14.4 Å². The van der Waals surface area contributed by atoms with Crippen molar-refractivity contribution < 1.29 is 19.1 Å². The lowest BCUT2D eigenvalue weighted by Crippen LogP contribution is -2.21. The molecule has 0 amide bonds. The van der Waals surface area contributed by atoms with Crippen LogP contribution in [-0.2, 0) is 16.0 Å². The number of hydrogen-bond acceptors (Lipinski definition) is 7. The van der Waals surface area contributed by atoms with Crippen molar-refractivity contribution in [2.24, 2.45) is 5.92 Å². The fourth-order valence-corrected chi connectivity index (χ4v) is 4.08. The average Bonchev–Trinajstić information content (AvgIpc) is 3.05. The highest BCUT2D eigenvalue weighted by Gasteiger charge is 2.21. The van der Waals surface area contributed by atoms with Crippen molar-refractivity contribution in [3.05, 3.63) is 62.5 Å². The second-order valence-electron chi connectivity index (χ2n) is 8.06. The summed E-state index contributed by atoms with van der Waals surface area (Å²) in [6.45, 7) is 9.80. The number of esters is 2. The van der Waals surface area contributed by atoms with Crippen LogP contribution in [0.2, 0.25) is 0 Å². The van der Waals surface area contributed by atoms with Gasteiger partial charge in [-0.05, 0) is 49.9 Å². The molecule has 0 atom stereocenters. The Morgan fingerprint density at radius 1 is 1.16 bits per heavy atom. The molecule has 0 unspecified atom stereocenters. The fraction of sp³-hybridized carbons (Fsp3) is 0.391. The molecule has 8 heteroatoms. The van der Waals surface area contributed by atoms with Crippen LogP contribution >= 0.6 is 11.3 Å². The quantitative estimate of drug-likeness (QED) is 0.510. The van der Waals surface area contributed by atoms with Gasteiger partial charge in [0.25, 0.3) is 5.56 Å². The van der Waals surface area contributed by atoms with Crippen molar-refractivity contribution in [1.82, 2.24) is 9.55 Å². The molecule has 0 fully saturated rings. The van der Waals surface area contributed by atoms with Gasteiger partial charge in [0.15, 0.2) is 0 Å². The van der Waals surface area contributed by atoms with Gasteiger partial charge in [-0.15, -0.1) is 11.3 Å². The monoisotopic (exact) mass is 442 g/mol. The molecule has 1 aromatic carbocycles. The van der Waals surface area contributed by atoms with Gasteiger partial charge in [-0.25, -0.2) is 14.6 Å². The second kappa shape index (κ2) is 9.43. The van der Waals surface area contributed by atoms with E-state index >= 15 is 0 Å². The number of fused-ring (bicyclic) bond motifs is 1. The summed E-state index contributed by atoms with van der Waals surface area (Å²) in [6, 6.07) is 6.97. The summed E-state index contributed by atoms with van der Waals surface area (Å²) < 4.78 is 12.0. The lowest BCUT2D eigenvalue weighted by Gasteiger charge is -2.10. The molecule has 0 saturated heterocycles. The Morgan fingerprint density at radius 3 is 2.58 bits per heavy atom.